The third kappa shape index (κ3) is 4.11. The number of nitrogens with zero attached hydrogens (tertiary/aromatic N) is 3. The number of hydrogen-bond acceptors (Lipinski definition) is 4. The molecular formula is C25H32N3OP. The number of aryl methyl sites for hydroxylation is 1. The van der Waals surface area contributed by atoms with Crippen molar-refractivity contribution in [2.45, 2.75) is 6.92 Å². The zero-order valence-corrected chi connectivity index (χ0v) is 19.9. The second kappa shape index (κ2) is 8.57. The van der Waals surface area contributed by atoms with Gasteiger partial charge >= 0.3 is 0 Å². The van der Waals surface area contributed by atoms with E-state index in [0.717, 1.165) is 38.5 Å². The Kier molecular flexibility index (Phi) is 6.28. The van der Waals surface area contributed by atoms with Crippen LogP contribution in [0.2, 0.25) is 0 Å². The Labute approximate surface area is 181 Å². The summed E-state index contributed by atoms with van der Waals surface area (Å²) in [5.74, 6) is 0. The molecule has 0 aliphatic rings. The molecule has 0 fully saturated rings. The summed E-state index contributed by atoms with van der Waals surface area (Å²) in [5.41, 5.74) is 4.33. The summed E-state index contributed by atoms with van der Waals surface area (Å²) in [5, 5.41) is 2.60. The van der Waals surface area contributed by atoms with Crippen LogP contribution in [0.25, 0.3) is 0 Å². The molecule has 0 bridgehead atoms. The van der Waals surface area contributed by atoms with E-state index in [0.29, 0.717) is 0 Å². The van der Waals surface area contributed by atoms with Crippen molar-refractivity contribution in [3.8, 4) is 0 Å². The first-order valence-electron chi connectivity index (χ1n) is 10.1. The van der Waals surface area contributed by atoms with Gasteiger partial charge in [0.05, 0.1) is 0 Å². The molecule has 0 saturated heterocycles. The standard InChI is InChI=1S/C25H32N3OP/c1-19-18-22(28(6)7)12-17-25(19)30(29,23-13-8-20(9-14-23)26(2)3)24-15-10-21(11-16-24)27(4)5/h8-18H,1-7H3. The van der Waals surface area contributed by atoms with Crippen LogP contribution in [0.5, 0.6) is 0 Å². The second-order valence-corrected chi connectivity index (χ2v) is 11.0. The SMILES string of the molecule is Cc1cc(N(C)C)ccc1P(=O)(c1ccc(N(C)C)cc1)c1ccc(N(C)C)cc1. The van der Waals surface area contributed by atoms with Crippen LogP contribution in [0.1, 0.15) is 5.56 Å². The molecule has 0 aromatic heterocycles. The van der Waals surface area contributed by atoms with Crippen molar-refractivity contribution in [3.63, 3.8) is 0 Å². The summed E-state index contributed by atoms with van der Waals surface area (Å²) >= 11 is 0. The van der Waals surface area contributed by atoms with Crippen molar-refractivity contribution in [2.24, 2.45) is 0 Å². The molecule has 5 heteroatoms. The molecule has 4 nitrogen and oxygen atoms in total. The van der Waals surface area contributed by atoms with E-state index in [1.807, 2.05) is 96.9 Å². The quantitative estimate of drug-likeness (QED) is 0.565. The predicted octanol–water partition coefficient (Wildman–Crippen LogP) is 3.83. The Morgan fingerprint density at radius 1 is 0.567 bits per heavy atom. The molecular weight excluding hydrogens is 389 g/mol. The van der Waals surface area contributed by atoms with Crippen molar-refractivity contribution in [3.05, 3.63) is 72.3 Å². The fourth-order valence-corrected chi connectivity index (χ4v) is 6.46. The van der Waals surface area contributed by atoms with Gasteiger partial charge in [-0.2, -0.15) is 0 Å². The molecule has 3 aromatic rings. The predicted molar refractivity (Wildman–Crippen MR) is 134 cm³/mol. The normalized spacial score (nSPS) is 11.3. The van der Waals surface area contributed by atoms with Crippen molar-refractivity contribution < 1.29 is 4.57 Å². The van der Waals surface area contributed by atoms with E-state index in [-0.39, 0.29) is 0 Å². The van der Waals surface area contributed by atoms with Crippen LogP contribution in [0.4, 0.5) is 17.1 Å². The number of rotatable bonds is 6. The molecule has 0 heterocycles. The number of hydrogen-bond donors (Lipinski definition) is 0. The fourth-order valence-electron chi connectivity index (χ4n) is 3.62. The van der Waals surface area contributed by atoms with E-state index in [1.165, 1.54) is 0 Å². The van der Waals surface area contributed by atoms with E-state index in [4.69, 9.17) is 0 Å². The maximum absolute atomic E-state index is 14.8. The van der Waals surface area contributed by atoms with E-state index < -0.39 is 7.14 Å². The number of benzene rings is 3. The van der Waals surface area contributed by atoms with Crippen LogP contribution in [0.15, 0.2) is 66.7 Å². The lowest BCUT2D eigenvalue weighted by molar-refractivity contribution is 0.592. The number of anilines is 3. The van der Waals surface area contributed by atoms with Gasteiger partial charge in [-0.1, -0.05) is 0 Å². The molecule has 3 rings (SSSR count). The Morgan fingerprint density at radius 3 is 1.27 bits per heavy atom. The van der Waals surface area contributed by atoms with Gasteiger partial charge in [0, 0.05) is 75.3 Å². The van der Waals surface area contributed by atoms with E-state index in [9.17, 15) is 4.57 Å². The first-order chi connectivity index (χ1) is 14.1. The third-order valence-electron chi connectivity index (χ3n) is 5.50. The van der Waals surface area contributed by atoms with Gasteiger partial charge in [-0.05, 0) is 79.2 Å². The van der Waals surface area contributed by atoms with Gasteiger partial charge in [0.15, 0.2) is 7.14 Å². The van der Waals surface area contributed by atoms with Crippen LogP contribution >= 0.6 is 7.14 Å². The molecule has 0 aliphatic carbocycles. The van der Waals surface area contributed by atoms with Crippen molar-refractivity contribution in [2.75, 3.05) is 57.0 Å². The average Bonchev–Trinajstić information content (AvgIpc) is 2.73. The van der Waals surface area contributed by atoms with Crippen LogP contribution < -0.4 is 30.6 Å². The highest BCUT2D eigenvalue weighted by Gasteiger charge is 2.31. The smallest absolute Gasteiger partial charge is 0.171 e. The van der Waals surface area contributed by atoms with Gasteiger partial charge in [0.1, 0.15) is 0 Å². The average molecular weight is 422 g/mol. The first kappa shape index (κ1) is 22.0. The second-order valence-electron chi connectivity index (χ2n) is 8.30. The maximum Gasteiger partial charge on any atom is 0.171 e. The zero-order chi connectivity index (χ0) is 22.1. The molecule has 0 saturated carbocycles. The minimum Gasteiger partial charge on any atom is -0.378 e. The molecule has 0 atom stereocenters. The molecule has 30 heavy (non-hydrogen) atoms. The lowest BCUT2D eigenvalue weighted by atomic mass is 10.2. The largest absolute Gasteiger partial charge is 0.378 e. The highest BCUT2D eigenvalue weighted by molar-refractivity contribution is 7.85. The van der Waals surface area contributed by atoms with Gasteiger partial charge in [-0.15, -0.1) is 0 Å². The fraction of sp³-hybridized carbons (Fsp3) is 0.280. The van der Waals surface area contributed by atoms with Gasteiger partial charge in [0.2, 0.25) is 0 Å². The van der Waals surface area contributed by atoms with Crippen molar-refractivity contribution in [1.29, 1.82) is 0 Å². The molecule has 3 aromatic carbocycles. The van der Waals surface area contributed by atoms with Gasteiger partial charge in [-0.25, -0.2) is 0 Å². The highest BCUT2D eigenvalue weighted by atomic mass is 31.2. The Bertz CT molecular complexity index is 999. The topological polar surface area (TPSA) is 26.8 Å². The molecule has 0 amide bonds. The molecule has 158 valence electrons. The Morgan fingerprint density at radius 2 is 0.933 bits per heavy atom. The molecule has 0 unspecified atom stereocenters. The minimum absolute atomic E-state index is 0.853. The summed E-state index contributed by atoms with van der Waals surface area (Å²) in [6, 6.07) is 22.4. The first-order valence-corrected chi connectivity index (χ1v) is 11.8. The summed E-state index contributed by atoms with van der Waals surface area (Å²) < 4.78 is 14.8. The zero-order valence-electron chi connectivity index (χ0n) is 19.0. The van der Waals surface area contributed by atoms with Crippen LogP contribution in [-0.4, -0.2) is 42.3 Å². The Balaban J connectivity index is 2.22. The molecule has 0 spiro atoms. The summed E-state index contributed by atoms with van der Waals surface area (Å²) in [4.78, 5) is 6.18. The lowest BCUT2D eigenvalue weighted by Crippen LogP contribution is -2.27. The van der Waals surface area contributed by atoms with Crippen LogP contribution in [-0.2, 0) is 4.57 Å². The van der Waals surface area contributed by atoms with E-state index in [2.05, 4.69) is 33.8 Å². The van der Waals surface area contributed by atoms with E-state index >= 15 is 0 Å². The van der Waals surface area contributed by atoms with Crippen molar-refractivity contribution in [1.82, 2.24) is 0 Å². The van der Waals surface area contributed by atoms with Gasteiger partial charge in [0.25, 0.3) is 0 Å². The minimum atomic E-state index is -3.02. The van der Waals surface area contributed by atoms with Crippen LogP contribution in [0, 0.1) is 6.92 Å². The summed E-state index contributed by atoms with van der Waals surface area (Å²) in [6.07, 6.45) is 0. The Hall–Kier alpha value is -2.71. The van der Waals surface area contributed by atoms with Crippen molar-refractivity contribution >= 4 is 40.1 Å². The van der Waals surface area contributed by atoms with Gasteiger partial charge < -0.3 is 19.3 Å². The highest BCUT2D eigenvalue weighted by Crippen LogP contribution is 2.44. The lowest BCUT2D eigenvalue weighted by Gasteiger charge is -2.24. The van der Waals surface area contributed by atoms with E-state index in [1.54, 1.807) is 0 Å². The summed E-state index contributed by atoms with van der Waals surface area (Å²) in [6.45, 7) is 2.05. The van der Waals surface area contributed by atoms with Crippen LogP contribution in [0.3, 0.4) is 0 Å². The summed E-state index contributed by atoms with van der Waals surface area (Å²) in [7, 11) is 9.07. The third-order valence-corrected chi connectivity index (χ3v) is 8.73. The molecule has 0 N–H and O–H groups in total. The van der Waals surface area contributed by atoms with Gasteiger partial charge in [-0.3, -0.25) is 0 Å². The molecule has 0 radical (unpaired) electrons. The monoisotopic (exact) mass is 421 g/mol. The molecule has 0 aliphatic heterocycles. The maximum atomic E-state index is 14.8.